The first-order valence-corrected chi connectivity index (χ1v) is 6.96. The number of ether oxygens (including phenoxy) is 1. The second-order valence-electron chi connectivity index (χ2n) is 5.99. The zero-order chi connectivity index (χ0) is 14.9. The summed E-state index contributed by atoms with van der Waals surface area (Å²) in [6, 6.07) is 0. The van der Waals surface area contributed by atoms with Crippen LogP contribution in [0.4, 0.5) is 0 Å². The van der Waals surface area contributed by atoms with Crippen molar-refractivity contribution in [1.29, 1.82) is 0 Å². The third kappa shape index (κ3) is 11.7. The molecular formula is C14H28NO4+. The van der Waals surface area contributed by atoms with Crippen LogP contribution in [-0.2, 0) is 14.3 Å². The Kier molecular flexibility index (Phi) is 8.39. The van der Waals surface area contributed by atoms with E-state index in [9.17, 15) is 9.59 Å². The van der Waals surface area contributed by atoms with Gasteiger partial charge in [-0.3, -0.25) is 9.59 Å². The maximum Gasteiger partial charge on any atom is 0.307 e. The van der Waals surface area contributed by atoms with Gasteiger partial charge in [-0.15, -0.1) is 0 Å². The van der Waals surface area contributed by atoms with Crippen molar-refractivity contribution in [2.45, 2.75) is 51.6 Å². The highest BCUT2D eigenvalue weighted by atomic mass is 16.5. The van der Waals surface area contributed by atoms with Gasteiger partial charge in [0.15, 0.2) is 6.10 Å². The Morgan fingerprint density at radius 1 is 1.16 bits per heavy atom. The monoisotopic (exact) mass is 274 g/mol. The number of hydrogen-bond donors (Lipinski definition) is 1. The van der Waals surface area contributed by atoms with Gasteiger partial charge >= 0.3 is 11.9 Å². The lowest BCUT2D eigenvalue weighted by atomic mass is 10.1. The van der Waals surface area contributed by atoms with Crippen LogP contribution in [0.25, 0.3) is 0 Å². The van der Waals surface area contributed by atoms with Crippen LogP contribution in [-0.4, -0.2) is 55.3 Å². The van der Waals surface area contributed by atoms with Crippen molar-refractivity contribution < 1.29 is 23.9 Å². The van der Waals surface area contributed by atoms with Crippen LogP contribution in [0, 0.1) is 0 Å². The second kappa shape index (κ2) is 8.91. The fourth-order valence-corrected chi connectivity index (χ4v) is 1.89. The zero-order valence-electron chi connectivity index (χ0n) is 12.6. The molecule has 0 spiro atoms. The van der Waals surface area contributed by atoms with Crippen LogP contribution < -0.4 is 0 Å². The summed E-state index contributed by atoms with van der Waals surface area (Å²) < 4.78 is 5.85. The van der Waals surface area contributed by atoms with E-state index in [2.05, 4.69) is 6.92 Å². The zero-order valence-corrected chi connectivity index (χ0v) is 12.6. The number of aliphatic carboxylic acids is 1. The Hall–Kier alpha value is -1.10. The molecule has 1 N–H and O–H groups in total. The van der Waals surface area contributed by atoms with Crippen molar-refractivity contribution >= 4 is 11.9 Å². The summed E-state index contributed by atoms with van der Waals surface area (Å²) in [6.07, 6.45) is 3.78. The molecule has 0 fully saturated rings. The SMILES string of the molecule is CCCCCCC(=O)O[C@H](CC(=O)O)C[N+](C)(C)C. The van der Waals surface area contributed by atoms with Gasteiger partial charge in [-0.05, 0) is 6.42 Å². The molecule has 1 atom stereocenters. The molecule has 0 bridgehead atoms. The molecule has 0 aliphatic heterocycles. The first-order valence-electron chi connectivity index (χ1n) is 6.96. The predicted molar refractivity (Wildman–Crippen MR) is 73.8 cm³/mol. The van der Waals surface area contributed by atoms with Gasteiger partial charge in [0.25, 0.3) is 0 Å². The number of hydrogen-bond acceptors (Lipinski definition) is 3. The van der Waals surface area contributed by atoms with Gasteiger partial charge in [0.05, 0.1) is 27.6 Å². The third-order valence-electron chi connectivity index (χ3n) is 2.69. The molecule has 0 unspecified atom stereocenters. The lowest BCUT2D eigenvalue weighted by Crippen LogP contribution is -2.43. The van der Waals surface area contributed by atoms with Crippen molar-refractivity contribution in [3.8, 4) is 0 Å². The lowest BCUT2D eigenvalue weighted by molar-refractivity contribution is -0.873. The molecule has 0 saturated carbocycles. The Bertz CT molecular complexity index is 284. The molecule has 0 rings (SSSR count). The summed E-state index contributed by atoms with van der Waals surface area (Å²) in [7, 11) is 5.85. The van der Waals surface area contributed by atoms with Gasteiger partial charge in [-0.1, -0.05) is 26.2 Å². The number of carbonyl (C=O) groups is 2. The van der Waals surface area contributed by atoms with Crippen LogP contribution in [0.3, 0.4) is 0 Å². The van der Waals surface area contributed by atoms with Gasteiger partial charge in [-0.25, -0.2) is 0 Å². The van der Waals surface area contributed by atoms with Crippen LogP contribution in [0.2, 0.25) is 0 Å². The van der Waals surface area contributed by atoms with Gasteiger partial charge in [0, 0.05) is 6.42 Å². The number of nitrogens with zero attached hydrogens (tertiary/aromatic N) is 1. The minimum Gasteiger partial charge on any atom is -0.481 e. The molecule has 0 aromatic heterocycles. The Balaban J connectivity index is 4.15. The van der Waals surface area contributed by atoms with Crippen LogP contribution >= 0.6 is 0 Å². The fraction of sp³-hybridized carbons (Fsp3) is 0.857. The van der Waals surface area contributed by atoms with Gasteiger partial charge < -0.3 is 14.3 Å². The molecule has 5 nitrogen and oxygen atoms in total. The normalized spacial score (nSPS) is 13.1. The number of rotatable bonds is 10. The van der Waals surface area contributed by atoms with E-state index in [1.54, 1.807) is 0 Å². The molecule has 5 heteroatoms. The second-order valence-corrected chi connectivity index (χ2v) is 5.99. The predicted octanol–water partition coefficient (Wildman–Crippen LogP) is 2.05. The Morgan fingerprint density at radius 3 is 2.26 bits per heavy atom. The minimum absolute atomic E-state index is 0.129. The lowest BCUT2D eigenvalue weighted by Gasteiger charge is -2.28. The molecule has 0 amide bonds. The van der Waals surface area contributed by atoms with E-state index in [4.69, 9.17) is 9.84 Å². The summed E-state index contributed by atoms with van der Waals surface area (Å²) >= 11 is 0. The standard InChI is InChI=1S/C14H27NO4/c1-5-6-7-8-9-14(18)19-12(10-13(16)17)11-15(2,3)4/h12H,5-11H2,1-4H3/p+1/t12-/m1/s1. The van der Waals surface area contributed by atoms with Crippen molar-refractivity contribution in [2.75, 3.05) is 27.7 Å². The molecule has 112 valence electrons. The highest BCUT2D eigenvalue weighted by molar-refractivity contribution is 5.71. The van der Waals surface area contributed by atoms with Crippen molar-refractivity contribution in [3.63, 3.8) is 0 Å². The molecule has 0 aliphatic rings. The molecule has 0 aliphatic carbocycles. The van der Waals surface area contributed by atoms with Crippen molar-refractivity contribution in [2.24, 2.45) is 0 Å². The highest BCUT2D eigenvalue weighted by Crippen LogP contribution is 2.09. The number of esters is 1. The minimum atomic E-state index is -0.933. The largest absolute Gasteiger partial charge is 0.481 e. The smallest absolute Gasteiger partial charge is 0.307 e. The summed E-state index contributed by atoms with van der Waals surface area (Å²) in [4.78, 5) is 22.4. The molecule has 0 radical (unpaired) electrons. The number of quaternary nitrogens is 1. The summed E-state index contributed by atoms with van der Waals surface area (Å²) in [6.45, 7) is 2.62. The van der Waals surface area contributed by atoms with E-state index in [1.807, 2.05) is 21.1 Å². The molecule has 19 heavy (non-hydrogen) atoms. The summed E-state index contributed by atoms with van der Waals surface area (Å²) in [5.74, 6) is -1.21. The quantitative estimate of drug-likeness (QED) is 0.376. The number of carboxylic acids is 1. The number of carboxylic acid groups (broad SMARTS) is 1. The first-order chi connectivity index (χ1) is 8.74. The van der Waals surface area contributed by atoms with Gasteiger partial charge in [0.1, 0.15) is 6.54 Å². The van der Waals surface area contributed by atoms with Crippen LogP contribution in [0.15, 0.2) is 0 Å². The molecule has 0 aromatic rings. The topological polar surface area (TPSA) is 63.6 Å². The highest BCUT2D eigenvalue weighted by Gasteiger charge is 2.24. The van der Waals surface area contributed by atoms with E-state index in [0.29, 0.717) is 17.4 Å². The molecule has 0 saturated heterocycles. The first kappa shape index (κ1) is 17.9. The van der Waals surface area contributed by atoms with Crippen LogP contribution in [0.1, 0.15) is 45.4 Å². The fourth-order valence-electron chi connectivity index (χ4n) is 1.89. The summed E-state index contributed by atoms with van der Waals surface area (Å²) in [5.41, 5.74) is 0. The van der Waals surface area contributed by atoms with Crippen molar-refractivity contribution in [3.05, 3.63) is 0 Å². The maximum atomic E-state index is 11.7. The Labute approximate surface area is 116 Å². The number of likely N-dealkylation sites (N-methyl/N-ethyl adjacent to an activating group) is 1. The number of carbonyl (C=O) groups excluding carboxylic acids is 1. The Morgan fingerprint density at radius 2 is 1.79 bits per heavy atom. The maximum absolute atomic E-state index is 11.7. The summed E-state index contributed by atoms with van der Waals surface area (Å²) in [5, 5.41) is 8.84. The van der Waals surface area contributed by atoms with E-state index in [1.165, 1.54) is 0 Å². The average molecular weight is 274 g/mol. The van der Waals surface area contributed by atoms with E-state index < -0.39 is 12.1 Å². The van der Waals surface area contributed by atoms with Gasteiger partial charge in [-0.2, -0.15) is 0 Å². The average Bonchev–Trinajstić information content (AvgIpc) is 2.20. The van der Waals surface area contributed by atoms with E-state index >= 15 is 0 Å². The van der Waals surface area contributed by atoms with Gasteiger partial charge in [0.2, 0.25) is 0 Å². The molecular weight excluding hydrogens is 246 g/mol. The van der Waals surface area contributed by atoms with Crippen molar-refractivity contribution in [1.82, 2.24) is 0 Å². The third-order valence-corrected chi connectivity index (χ3v) is 2.69. The van der Waals surface area contributed by atoms with E-state index in [-0.39, 0.29) is 12.4 Å². The molecule has 0 heterocycles. The van der Waals surface area contributed by atoms with E-state index in [0.717, 1.165) is 25.7 Å². The molecule has 0 aromatic carbocycles. The van der Waals surface area contributed by atoms with Crippen LogP contribution in [0.5, 0.6) is 0 Å². The number of unbranched alkanes of at least 4 members (excludes halogenated alkanes) is 3.